The molecule has 1 aromatic rings. The van der Waals surface area contributed by atoms with E-state index in [1.165, 1.54) is 13.8 Å². The van der Waals surface area contributed by atoms with Crippen molar-refractivity contribution in [3.63, 3.8) is 0 Å². The highest BCUT2D eigenvalue weighted by molar-refractivity contribution is 5.76. The van der Waals surface area contributed by atoms with Crippen molar-refractivity contribution in [3.8, 4) is 0 Å². The van der Waals surface area contributed by atoms with E-state index < -0.39 is 41.6 Å². The van der Waals surface area contributed by atoms with E-state index in [-0.39, 0.29) is 5.69 Å². The van der Waals surface area contributed by atoms with Gasteiger partial charge in [0.05, 0.1) is 11.0 Å². The number of hydrogen-bond acceptors (Lipinski definition) is 5. The van der Waals surface area contributed by atoms with Crippen molar-refractivity contribution in [2.24, 2.45) is 5.92 Å². The van der Waals surface area contributed by atoms with Crippen molar-refractivity contribution in [2.75, 3.05) is 0 Å². The van der Waals surface area contributed by atoms with Crippen LogP contribution in [-0.2, 0) is 11.3 Å². The fraction of sp³-hybridized carbons (Fsp3) is 0.636. The SMILES string of the molecule is CC(C)[C@H](NC(=O)Cn1cc([N+](=O)[O-])cn1)[C@H](O)C(F)(F)F. The van der Waals surface area contributed by atoms with Crippen LogP contribution in [0.3, 0.4) is 0 Å². The van der Waals surface area contributed by atoms with Crippen molar-refractivity contribution >= 4 is 11.6 Å². The summed E-state index contributed by atoms with van der Waals surface area (Å²) in [6.45, 7) is 2.33. The van der Waals surface area contributed by atoms with Crippen LogP contribution in [0.1, 0.15) is 13.8 Å². The van der Waals surface area contributed by atoms with Crippen LogP contribution in [-0.4, -0.2) is 44.0 Å². The van der Waals surface area contributed by atoms with Gasteiger partial charge in [0.15, 0.2) is 6.10 Å². The summed E-state index contributed by atoms with van der Waals surface area (Å²) in [4.78, 5) is 21.5. The van der Waals surface area contributed by atoms with Gasteiger partial charge in [-0.25, -0.2) is 0 Å². The minimum atomic E-state index is -4.87. The lowest BCUT2D eigenvalue weighted by Crippen LogP contribution is -2.53. The summed E-state index contributed by atoms with van der Waals surface area (Å²) >= 11 is 0. The topological polar surface area (TPSA) is 110 Å². The second kappa shape index (κ2) is 6.73. The van der Waals surface area contributed by atoms with E-state index in [1.807, 2.05) is 0 Å². The van der Waals surface area contributed by atoms with Gasteiger partial charge in [-0.05, 0) is 5.92 Å². The largest absolute Gasteiger partial charge is 0.416 e. The van der Waals surface area contributed by atoms with E-state index in [9.17, 15) is 33.2 Å². The van der Waals surface area contributed by atoms with Crippen LogP contribution in [0.4, 0.5) is 18.9 Å². The van der Waals surface area contributed by atoms with Gasteiger partial charge in [0.25, 0.3) is 0 Å². The zero-order valence-electron chi connectivity index (χ0n) is 11.7. The normalized spacial score (nSPS) is 14.7. The van der Waals surface area contributed by atoms with Gasteiger partial charge in [0.2, 0.25) is 5.91 Å². The molecule has 1 amide bonds. The molecule has 0 bridgehead atoms. The van der Waals surface area contributed by atoms with E-state index in [4.69, 9.17) is 0 Å². The fourth-order valence-electron chi connectivity index (χ4n) is 1.73. The molecule has 0 radical (unpaired) electrons. The molecule has 1 heterocycles. The standard InChI is InChI=1S/C11H15F3N4O4/c1-6(2)9(10(20)11(12,13)14)16-8(19)5-17-4-7(3-15-17)18(21)22/h3-4,6,9-10,20H,5H2,1-2H3,(H,16,19)/t9-,10-/m0/s1. The Bertz CT molecular complexity index is 544. The van der Waals surface area contributed by atoms with Crippen LogP contribution in [0, 0.1) is 16.0 Å². The van der Waals surface area contributed by atoms with Gasteiger partial charge in [-0.3, -0.25) is 19.6 Å². The number of carbonyl (C=O) groups is 1. The summed E-state index contributed by atoms with van der Waals surface area (Å²) in [7, 11) is 0. The summed E-state index contributed by atoms with van der Waals surface area (Å²) in [5.74, 6) is -1.52. The summed E-state index contributed by atoms with van der Waals surface area (Å²) in [5, 5.41) is 25.3. The van der Waals surface area contributed by atoms with Gasteiger partial charge in [0.1, 0.15) is 18.9 Å². The molecule has 0 aromatic carbocycles. The predicted octanol–water partition coefficient (Wildman–Crippen LogP) is 0.855. The number of aromatic nitrogens is 2. The molecule has 124 valence electrons. The maximum Gasteiger partial charge on any atom is 0.416 e. The van der Waals surface area contributed by atoms with Crippen molar-refractivity contribution in [1.29, 1.82) is 0 Å². The molecule has 8 nitrogen and oxygen atoms in total. The lowest BCUT2D eigenvalue weighted by atomic mass is 9.98. The Morgan fingerprint density at radius 3 is 2.55 bits per heavy atom. The molecule has 0 aliphatic heterocycles. The highest BCUT2D eigenvalue weighted by atomic mass is 19.4. The molecule has 0 aliphatic rings. The molecule has 0 unspecified atom stereocenters. The Morgan fingerprint density at radius 2 is 2.14 bits per heavy atom. The number of carbonyl (C=O) groups excluding carboxylic acids is 1. The number of rotatable bonds is 6. The monoisotopic (exact) mass is 324 g/mol. The van der Waals surface area contributed by atoms with Crippen LogP contribution < -0.4 is 5.32 Å². The van der Waals surface area contributed by atoms with Gasteiger partial charge in [0, 0.05) is 0 Å². The molecule has 0 saturated heterocycles. The first-order valence-corrected chi connectivity index (χ1v) is 6.23. The number of nitrogens with one attached hydrogen (secondary N) is 1. The first kappa shape index (κ1) is 17.9. The summed E-state index contributed by atoms with van der Waals surface area (Å²) in [5.41, 5.74) is -0.344. The maximum absolute atomic E-state index is 12.5. The third kappa shape index (κ3) is 4.69. The van der Waals surface area contributed by atoms with E-state index in [0.717, 1.165) is 17.1 Å². The summed E-state index contributed by atoms with van der Waals surface area (Å²) in [6.07, 6.45) is -5.68. The molecule has 0 saturated carbocycles. The quantitative estimate of drug-likeness (QED) is 0.595. The Hall–Kier alpha value is -2.17. The number of amides is 1. The van der Waals surface area contributed by atoms with Gasteiger partial charge in [-0.2, -0.15) is 18.3 Å². The van der Waals surface area contributed by atoms with Crippen LogP contribution in [0.25, 0.3) is 0 Å². The molecule has 0 spiro atoms. The number of aliphatic hydroxyl groups is 1. The second-order valence-electron chi connectivity index (χ2n) is 4.98. The van der Waals surface area contributed by atoms with Gasteiger partial charge in [-0.15, -0.1) is 0 Å². The molecule has 1 rings (SSSR count). The maximum atomic E-state index is 12.5. The highest BCUT2D eigenvalue weighted by Crippen LogP contribution is 2.25. The number of nitrogens with zero attached hydrogens (tertiary/aromatic N) is 3. The summed E-state index contributed by atoms with van der Waals surface area (Å²) in [6, 6.07) is -1.53. The van der Waals surface area contributed by atoms with Crippen molar-refractivity contribution in [3.05, 3.63) is 22.5 Å². The number of aliphatic hydroxyl groups excluding tert-OH is 1. The number of hydrogen-bond donors (Lipinski definition) is 2. The molecular formula is C11H15F3N4O4. The van der Waals surface area contributed by atoms with Crippen molar-refractivity contribution in [1.82, 2.24) is 15.1 Å². The molecule has 2 N–H and O–H groups in total. The average molecular weight is 324 g/mol. The smallest absolute Gasteiger partial charge is 0.382 e. The Labute approximate surface area is 123 Å². The number of nitro groups is 1. The molecule has 11 heteroatoms. The molecule has 0 fully saturated rings. The average Bonchev–Trinajstić information content (AvgIpc) is 2.82. The predicted molar refractivity (Wildman–Crippen MR) is 67.7 cm³/mol. The molecule has 22 heavy (non-hydrogen) atoms. The Kier molecular flexibility index (Phi) is 5.47. The first-order valence-electron chi connectivity index (χ1n) is 6.23. The lowest BCUT2D eigenvalue weighted by Gasteiger charge is -2.28. The minimum absolute atomic E-state index is 0.344. The van der Waals surface area contributed by atoms with E-state index in [2.05, 4.69) is 10.4 Å². The molecule has 2 atom stereocenters. The zero-order chi connectivity index (χ0) is 17.1. The van der Waals surface area contributed by atoms with E-state index >= 15 is 0 Å². The summed E-state index contributed by atoms with van der Waals surface area (Å²) < 4.78 is 38.5. The first-order chi connectivity index (χ1) is 10.0. The highest BCUT2D eigenvalue weighted by Gasteiger charge is 2.45. The van der Waals surface area contributed by atoms with Gasteiger partial charge >= 0.3 is 11.9 Å². The fourth-order valence-corrected chi connectivity index (χ4v) is 1.73. The number of halogens is 3. The third-order valence-electron chi connectivity index (χ3n) is 2.86. The van der Waals surface area contributed by atoms with Crippen LogP contribution >= 0.6 is 0 Å². The van der Waals surface area contributed by atoms with Gasteiger partial charge in [-0.1, -0.05) is 13.8 Å². The van der Waals surface area contributed by atoms with E-state index in [1.54, 1.807) is 0 Å². The Morgan fingerprint density at radius 1 is 1.55 bits per heavy atom. The lowest BCUT2D eigenvalue weighted by molar-refractivity contribution is -0.385. The Balaban J connectivity index is 2.73. The molecule has 1 aromatic heterocycles. The van der Waals surface area contributed by atoms with Crippen LogP contribution in [0.2, 0.25) is 0 Å². The third-order valence-corrected chi connectivity index (χ3v) is 2.86. The second-order valence-corrected chi connectivity index (χ2v) is 4.98. The van der Waals surface area contributed by atoms with Crippen LogP contribution in [0.5, 0.6) is 0 Å². The zero-order valence-corrected chi connectivity index (χ0v) is 11.7. The minimum Gasteiger partial charge on any atom is -0.382 e. The molecular weight excluding hydrogens is 309 g/mol. The van der Waals surface area contributed by atoms with Gasteiger partial charge < -0.3 is 10.4 Å². The van der Waals surface area contributed by atoms with Crippen LogP contribution in [0.15, 0.2) is 12.4 Å². The van der Waals surface area contributed by atoms with Crippen molar-refractivity contribution in [2.45, 2.75) is 38.7 Å². The van der Waals surface area contributed by atoms with E-state index in [0.29, 0.717) is 0 Å². The van der Waals surface area contributed by atoms with Crippen molar-refractivity contribution < 1.29 is 28.0 Å². The molecule has 0 aliphatic carbocycles. The number of alkyl halides is 3.